The summed E-state index contributed by atoms with van der Waals surface area (Å²) in [6, 6.07) is 0. The average molecular weight is 129 g/mol. The monoisotopic (exact) mass is 129 g/mol. The molecule has 0 spiro atoms. The summed E-state index contributed by atoms with van der Waals surface area (Å²) < 4.78 is 0. The van der Waals surface area contributed by atoms with E-state index in [9.17, 15) is 0 Å². The van der Waals surface area contributed by atoms with Crippen LogP contribution in [0.3, 0.4) is 0 Å². The van der Waals surface area contributed by atoms with Crippen LogP contribution in [-0.2, 0) is 0 Å². The van der Waals surface area contributed by atoms with Gasteiger partial charge < -0.3 is 10.8 Å². The van der Waals surface area contributed by atoms with Gasteiger partial charge in [0.1, 0.15) is 0 Å². The van der Waals surface area contributed by atoms with Gasteiger partial charge in [-0.3, -0.25) is 0 Å². The van der Waals surface area contributed by atoms with Gasteiger partial charge in [0.25, 0.3) is 0 Å². The lowest BCUT2D eigenvalue weighted by Crippen LogP contribution is -2.11. The molecular weight excluding hydrogens is 114 g/mol. The van der Waals surface area contributed by atoms with E-state index in [1.54, 1.807) is 0 Å². The average Bonchev–Trinajstić information content (AvgIpc) is 2.34. The van der Waals surface area contributed by atoms with Crippen LogP contribution in [0.1, 0.15) is 19.3 Å². The molecule has 9 heavy (non-hydrogen) atoms. The summed E-state index contributed by atoms with van der Waals surface area (Å²) >= 11 is 0. The third-order valence-corrected chi connectivity index (χ3v) is 2.24. The van der Waals surface area contributed by atoms with Gasteiger partial charge in [0.15, 0.2) is 0 Å². The molecule has 3 N–H and O–H groups in total. The predicted molar refractivity (Wildman–Crippen MR) is 37.0 cm³/mol. The van der Waals surface area contributed by atoms with E-state index in [1.807, 2.05) is 0 Å². The zero-order valence-corrected chi connectivity index (χ0v) is 5.71. The number of rotatable bonds is 2. The minimum absolute atomic E-state index is 0.358. The molecule has 0 aliphatic heterocycles. The van der Waals surface area contributed by atoms with Crippen LogP contribution in [-0.4, -0.2) is 18.3 Å². The molecule has 0 amide bonds. The van der Waals surface area contributed by atoms with E-state index < -0.39 is 0 Å². The molecule has 1 aliphatic rings. The molecule has 1 fully saturated rings. The van der Waals surface area contributed by atoms with Crippen LogP contribution in [0.15, 0.2) is 0 Å². The van der Waals surface area contributed by atoms with Crippen LogP contribution in [0.25, 0.3) is 0 Å². The highest BCUT2D eigenvalue weighted by atomic mass is 16.3. The highest BCUT2D eigenvalue weighted by Crippen LogP contribution is 2.29. The number of aliphatic hydroxyl groups excluding tert-OH is 1. The SMILES string of the molecule is NC[C@@H]1CC[C@@H](CO)C1. The van der Waals surface area contributed by atoms with Gasteiger partial charge in [-0.15, -0.1) is 0 Å². The molecule has 54 valence electrons. The van der Waals surface area contributed by atoms with Crippen molar-refractivity contribution in [2.24, 2.45) is 17.6 Å². The lowest BCUT2D eigenvalue weighted by Gasteiger charge is -2.04. The van der Waals surface area contributed by atoms with Gasteiger partial charge in [0.2, 0.25) is 0 Å². The van der Waals surface area contributed by atoms with Crippen molar-refractivity contribution in [1.82, 2.24) is 0 Å². The fourth-order valence-corrected chi connectivity index (χ4v) is 1.56. The van der Waals surface area contributed by atoms with Gasteiger partial charge in [-0.1, -0.05) is 0 Å². The van der Waals surface area contributed by atoms with E-state index in [2.05, 4.69) is 0 Å². The van der Waals surface area contributed by atoms with Gasteiger partial charge in [-0.2, -0.15) is 0 Å². The van der Waals surface area contributed by atoms with Crippen molar-refractivity contribution in [3.05, 3.63) is 0 Å². The number of hydrogen-bond donors (Lipinski definition) is 2. The van der Waals surface area contributed by atoms with E-state index in [0.29, 0.717) is 18.4 Å². The summed E-state index contributed by atoms with van der Waals surface area (Å²) in [5, 5.41) is 8.74. The highest BCUT2D eigenvalue weighted by Gasteiger charge is 2.22. The van der Waals surface area contributed by atoms with Gasteiger partial charge in [0, 0.05) is 6.61 Å². The van der Waals surface area contributed by atoms with E-state index in [4.69, 9.17) is 10.8 Å². The van der Waals surface area contributed by atoms with E-state index >= 15 is 0 Å². The molecule has 0 aromatic rings. The van der Waals surface area contributed by atoms with Crippen LogP contribution in [0.2, 0.25) is 0 Å². The quantitative estimate of drug-likeness (QED) is 0.565. The molecule has 0 aromatic carbocycles. The molecule has 0 radical (unpaired) electrons. The first kappa shape index (κ1) is 7.03. The van der Waals surface area contributed by atoms with Crippen molar-refractivity contribution in [1.29, 1.82) is 0 Å². The molecule has 1 saturated carbocycles. The Balaban J connectivity index is 2.20. The molecule has 0 bridgehead atoms. The summed E-state index contributed by atoms with van der Waals surface area (Å²) in [5.74, 6) is 1.25. The summed E-state index contributed by atoms with van der Waals surface area (Å²) in [4.78, 5) is 0. The largest absolute Gasteiger partial charge is 0.396 e. The summed E-state index contributed by atoms with van der Waals surface area (Å²) in [6.07, 6.45) is 3.55. The minimum atomic E-state index is 0.358. The Bertz CT molecular complexity index is 75.0. The Morgan fingerprint density at radius 1 is 1.33 bits per heavy atom. The maximum atomic E-state index is 8.74. The second kappa shape index (κ2) is 3.18. The first-order valence-electron chi connectivity index (χ1n) is 3.67. The summed E-state index contributed by atoms with van der Waals surface area (Å²) in [6.45, 7) is 1.16. The van der Waals surface area contributed by atoms with Crippen LogP contribution >= 0.6 is 0 Å². The molecule has 2 nitrogen and oxygen atoms in total. The zero-order valence-electron chi connectivity index (χ0n) is 5.71. The normalized spacial score (nSPS) is 35.3. The van der Waals surface area contributed by atoms with Crippen molar-refractivity contribution in [3.8, 4) is 0 Å². The lowest BCUT2D eigenvalue weighted by atomic mass is 10.1. The number of aliphatic hydroxyl groups is 1. The predicted octanol–water partition coefficient (Wildman–Crippen LogP) is 0.354. The van der Waals surface area contributed by atoms with Crippen LogP contribution in [0.5, 0.6) is 0 Å². The Hall–Kier alpha value is -0.0800. The van der Waals surface area contributed by atoms with Gasteiger partial charge in [0.05, 0.1) is 0 Å². The molecule has 0 saturated heterocycles. The van der Waals surface area contributed by atoms with Crippen LogP contribution in [0, 0.1) is 11.8 Å². The summed E-state index contributed by atoms with van der Waals surface area (Å²) in [7, 11) is 0. The molecule has 2 atom stereocenters. The minimum Gasteiger partial charge on any atom is -0.396 e. The van der Waals surface area contributed by atoms with Gasteiger partial charge in [-0.05, 0) is 37.6 Å². The fourth-order valence-electron chi connectivity index (χ4n) is 1.56. The Morgan fingerprint density at radius 2 is 2.00 bits per heavy atom. The molecule has 0 aromatic heterocycles. The zero-order chi connectivity index (χ0) is 6.69. The maximum absolute atomic E-state index is 8.74. The third-order valence-electron chi connectivity index (χ3n) is 2.24. The Labute approximate surface area is 56.1 Å². The molecule has 2 heteroatoms. The van der Waals surface area contributed by atoms with Gasteiger partial charge in [-0.25, -0.2) is 0 Å². The smallest absolute Gasteiger partial charge is 0.0459 e. The number of nitrogens with two attached hydrogens (primary N) is 1. The van der Waals surface area contributed by atoms with Crippen molar-refractivity contribution >= 4 is 0 Å². The molecule has 1 aliphatic carbocycles. The van der Waals surface area contributed by atoms with E-state index in [0.717, 1.165) is 13.0 Å². The van der Waals surface area contributed by atoms with E-state index in [1.165, 1.54) is 12.8 Å². The summed E-state index contributed by atoms with van der Waals surface area (Å²) in [5.41, 5.74) is 5.47. The number of hydrogen-bond acceptors (Lipinski definition) is 2. The van der Waals surface area contributed by atoms with Crippen molar-refractivity contribution in [3.63, 3.8) is 0 Å². The fraction of sp³-hybridized carbons (Fsp3) is 1.00. The van der Waals surface area contributed by atoms with Gasteiger partial charge >= 0.3 is 0 Å². The molecular formula is C7H15NO. The Morgan fingerprint density at radius 3 is 2.33 bits per heavy atom. The highest BCUT2D eigenvalue weighted by molar-refractivity contribution is 4.74. The second-order valence-corrected chi connectivity index (χ2v) is 2.96. The standard InChI is InChI=1S/C7H15NO/c8-4-6-1-2-7(3-6)5-9/h6-7,9H,1-5,8H2/t6-,7-/m1/s1. The Kier molecular flexibility index (Phi) is 2.49. The van der Waals surface area contributed by atoms with Crippen molar-refractivity contribution < 1.29 is 5.11 Å². The first-order valence-corrected chi connectivity index (χ1v) is 3.67. The van der Waals surface area contributed by atoms with Crippen molar-refractivity contribution in [2.45, 2.75) is 19.3 Å². The molecule has 0 heterocycles. The van der Waals surface area contributed by atoms with Crippen molar-refractivity contribution in [2.75, 3.05) is 13.2 Å². The topological polar surface area (TPSA) is 46.2 Å². The first-order chi connectivity index (χ1) is 4.36. The maximum Gasteiger partial charge on any atom is 0.0459 e. The third kappa shape index (κ3) is 1.66. The molecule has 0 unspecified atom stereocenters. The van der Waals surface area contributed by atoms with E-state index in [-0.39, 0.29) is 0 Å². The van der Waals surface area contributed by atoms with Crippen LogP contribution in [0.4, 0.5) is 0 Å². The second-order valence-electron chi connectivity index (χ2n) is 2.96. The lowest BCUT2D eigenvalue weighted by molar-refractivity contribution is 0.226. The van der Waals surface area contributed by atoms with Crippen LogP contribution < -0.4 is 5.73 Å². The molecule has 1 rings (SSSR count).